The zero-order valence-corrected chi connectivity index (χ0v) is 15.9. The van der Waals surface area contributed by atoms with Gasteiger partial charge in [-0.3, -0.25) is 9.69 Å². The lowest BCUT2D eigenvalue weighted by atomic mass is 10.1. The number of benzene rings is 2. The van der Waals surface area contributed by atoms with Gasteiger partial charge in [0.15, 0.2) is 5.78 Å². The van der Waals surface area contributed by atoms with Gasteiger partial charge in [0.1, 0.15) is 6.17 Å². The molecule has 1 heterocycles. The number of nitrogens with one attached hydrogen (secondary N) is 1. The fraction of sp³-hybridized carbons (Fsp3) is 0.200. The Balaban J connectivity index is 1.85. The van der Waals surface area contributed by atoms with Crippen LogP contribution in [-0.4, -0.2) is 36.5 Å². The van der Waals surface area contributed by atoms with Gasteiger partial charge in [-0.2, -0.15) is 0 Å². The Morgan fingerprint density at radius 1 is 1.23 bits per heavy atom. The third-order valence-corrected chi connectivity index (χ3v) is 5.04. The van der Waals surface area contributed by atoms with Gasteiger partial charge >= 0.3 is 5.97 Å². The number of esters is 1. The lowest BCUT2D eigenvalue weighted by molar-refractivity contribution is -0.119. The smallest absolute Gasteiger partial charge is 0.339 e. The first kappa shape index (κ1) is 18.4. The Morgan fingerprint density at radius 2 is 2.00 bits per heavy atom. The highest BCUT2D eigenvalue weighted by Gasteiger charge is 2.27. The predicted octanol–water partition coefficient (Wildman–Crippen LogP) is 3.61. The first-order valence-electron chi connectivity index (χ1n) is 8.22. The first-order chi connectivity index (χ1) is 12.6. The number of halogens is 1. The maximum atomic E-state index is 12.5. The van der Waals surface area contributed by atoms with Crippen LogP contribution in [0.5, 0.6) is 0 Å². The van der Waals surface area contributed by atoms with Crippen LogP contribution in [0.1, 0.15) is 15.9 Å². The number of hydrogen-bond donors (Lipinski definition) is 1. The van der Waals surface area contributed by atoms with Crippen molar-refractivity contribution in [3.8, 4) is 0 Å². The van der Waals surface area contributed by atoms with Crippen LogP contribution in [0.3, 0.4) is 0 Å². The molecule has 2 aromatic rings. The molecule has 0 saturated heterocycles. The normalized spacial score (nSPS) is 17.2. The Labute approximate surface area is 160 Å². The van der Waals surface area contributed by atoms with E-state index in [1.807, 2.05) is 42.5 Å². The molecule has 0 saturated carbocycles. The van der Waals surface area contributed by atoms with Gasteiger partial charge in [0.05, 0.1) is 22.8 Å². The van der Waals surface area contributed by atoms with Crippen molar-refractivity contribution in [1.29, 1.82) is 0 Å². The molecule has 0 bridgehead atoms. The van der Waals surface area contributed by atoms with Gasteiger partial charge in [-0.1, -0.05) is 42.5 Å². The molecule has 1 N–H and O–H groups in total. The number of carbonyl (C=O) groups is 2. The summed E-state index contributed by atoms with van der Waals surface area (Å²) in [6, 6.07) is 15.3. The van der Waals surface area contributed by atoms with Crippen molar-refractivity contribution in [2.45, 2.75) is 12.7 Å². The van der Waals surface area contributed by atoms with Gasteiger partial charge in [0.25, 0.3) is 0 Å². The van der Waals surface area contributed by atoms with Crippen molar-refractivity contribution in [3.63, 3.8) is 0 Å². The topological polar surface area (TPSA) is 58.6 Å². The van der Waals surface area contributed by atoms with Crippen LogP contribution >= 0.6 is 15.9 Å². The van der Waals surface area contributed by atoms with Crippen molar-refractivity contribution >= 4 is 33.4 Å². The minimum atomic E-state index is -0.510. The predicted molar refractivity (Wildman–Crippen MR) is 104 cm³/mol. The highest BCUT2D eigenvalue weighted by molar-refractivity contribution is 9.10. The van der Waals surface area contributed by atoms with E-state index in [4.69, 9.17) is 4.74 Å². The zero-order chi connectivity index (χ0) is 18.5. The molecule has 3 rings (SSSR count). The molecule has 0 aliphatic carbocycles. The van der Waals surface area contributed by atoms with Crippen molar-refractivity contribution < 1.29 is 14.3 Å². The SMILES string of the molecule is COC(=O)c1cccc(NC2C(=O)C=CCN2Cc2ccccc2)c1Br. The molecular weight excluding hydrogens is 396 g/mol. The van der Waals surface area contributed by atoms with Crippen molar-refractivity contribution in [3.05, 3.63) is 76.3 Å². The number of ketones is 1. The van der Waals surface area contributed by atoms with Crippen LogP contribution in [0.25, 0.3) is 0 Å². The van der Waals surface area contributed by atoms with E-state index in [9.17, 15) is 9.59 Å². The van der Waals surface area contributed by atoms with Crippen molar-refractivity contribution in [1.82, 2.24) is 4.90 Å². The van der Waals surface area contributed by atoms with Gasteiger partial charge < -0.3 is 10.1 Å². The van der Waals surface area contributed by atoms with Gasteiger partial charge in [0.2, 0.25) is 0 Å². The van der Waals surface area contributed by atoms with Crippen LogP contribution < -0.4 is 5.32 Å². The Hall–Kier alpha value is -2.44. The number of hydrogen-bond acceptors (Lipinski definition) is 5. The van der Waals surface area contributed by atoms with E-state index < -0.39 is 12.1 Å². The van der Waals surface area contributed by atoms with Gasteiger partial charge in [-0.25, -0.2) is 4.79 Å². The molecule has 1 aliphatic rings. The molecule has 134 valence electrons. The second kappa shape index (κ2) is 8.29. The number of nitrogens with zero attached hydrogens (tertiary/aromatic N) is 1. The van der Waals surface area contributed by atoms with Crippen LogP contribution in [0.15, 0.2) is 65.2 Å². The fourth-order valence-electron chi connectivity index (χ4n) is 2.88. The molecule has 26 heavy (non-hydrogen) atoms. The molecule has 0 spiro atoms. The number of ether oxygens (including phenoxy) is 1. The monoisotopic (exact) mass is 414 g/mol. The highest BCUT2D eigenvalue weighted by atomic mass is 79.9. The molecule has 0 fully saturated rings. The summed E-state index contributed by atoms with van der Waals surface area (Å²) in [5.74, 6) is -0.459. The molecule has 1 unspecified atom stereocenters. The van der Waals surface area contributed by atoms with E-state index in [0.29, 0.717) is 28.8 Å². The Morgan fingerprint density at radius 3 is 2.73 bits per heavy atom. The quantitative estimate of drug-likeness (QED) is 0.757. The summed E-state index contributed by atoms with van der Waals surface area (Å²) in [7, 11) is 1.34. The molecule has 1 atom stereocenters. The molecular formula is C20H19BrN2O3. The van der Waals surface area contributed by atoms with Gasteiger partial charge in [0, 0.05) is 13.1 Å². The Kier molecular flexibility index (Phi) is 5.85. The van der Waals surface area contributed by atoms with Crippen LogP contribution in [0.4, 0.5) is 5.69 Å². The van der Waals surface area contributed by atoms with Crippen LogP contribution in [0, 0.1) is 0 Å². The van der Waals surface area contributed by atoms with Gasteiger partial charge in [-0.15, -0.1) is 0 Å². The summed E-state index contributed by atoms with van der Waals surface area (Å²) < 4.78 is 5.38. The van der Waals surface area contributed by atoms with Crippen molar-refractivity contribution in [2.24, 2.45) is 0 Å². The molecule has 1 aliphatic heterocycles. The summed E-state index contributed by atoms with van der Waals surface area (Å²) in [5, 5.41) is 3.26. The van der Waals surface area contributed by atoms with E-state index in [-0.39, 0.29) is 5.78 Å². The van der Waals surface area contributed by atoms with E-state index in [2.05, 4.69) is 26.1 Å². The van der Waals surface area contributed by atoms with E-state index >= 15 is 0 Å². The number of rotatable bonds is 5. The number of anilines is 1. The third-order valence-electron chi connectivity index (χ3n) is 4.18. The van der Waals surface area contributed by atoms with Crippen LogP contribution in [0.2, 0.25) is 0 Å². The van der Waals surface area contributed by atoms with Gasteiger partial charge in [-0.05, 0) is 39.7 Å². The van der Waals surface area contributed by atoms with Crippen molar-refractivity contribution in [2.75, 3.05) is 19.0 Å². The maximum absolute atomic E-state index is 12.5. The summed E-state index contributed by atoms with van der Waals surface area (Å²) in [6.07, 6.45) is 2.95. The highest BCUT2D eigenvalue weighted by Crippen LogP contribution is 2.29. The standard InChI is InChI=1S/C20H19BrN2O3/c1-26-20(25)15-9-5-10-16(18(15)21)22-19-17(24)11-6-12-23(19)13-14-7-3-2-4-8-14/h2-11,19,22H,12-13H2,1H3. The summed E-state index contributed by atoms with van der Waals surface area (Å²) in [6.45, 7) is 1.30. The van der Waals surface area contributed by atoms with E-state index in [1.54, 1.807) is 18.2 Å². The Bertz CT molecular complexity index is 836. The average molecular weight is 415 g/mol. The maximum Gasteiger partial charge on any atom is 0.339 e. The lowest BCUT2D eigenvalue weighted by Gasteiger charge is -2.33. The van der Waals surface area contributed by atoms with Crippen LogP contribution in [-0.2, 0) is 16.1 Å². The molecule has 0 radical (unpaired) electrons. The molecule has 2 aromatic carbocycles. The largest absolute Gasteiger partial charge is 0.465 e. The fourth-order valence-corrected chi connectivity index (χ4v) is 3.42. The minimum Gasteiger partial charge on any atom is -0.465 e. The average Bonchev–Trinajstić information content (AvgIpc) is 2.66. The number of carbonyl (C=O) groups excluding carboxylic acids is 2. The molecule has 5 nitrogen and oxygen atoms in total. The molecule has 0 amide bonds. The second-order valence-electron chi connectivity index (χ2n) is 5.93. The van der Waals surface area contributed by atoms with E-state index in [1.165, 1.54) is 7.11 Å². The molecule has 6 heteroatoms. The molecule has 0 aromatic heterocycles. The summed E-state index contributed by atoms with van der Waals surface area (Å²) in [4.78, 5) is 26.4. The second-order valence-corrected chi connectivity index (χ2v) is 6.72. The lowest BCUT2D eigenvalue weighted by Crippen LogP contribution is -2.48. The third kappa shape index (κ3) is 4.03. The van der Waals surface area contributed by atoms with E-state index in [0.717, 1.165) is 5.56 Å². The zero-order valence-electron chi connectivity index (χ0n) is 14.3. The first-order valence-corrected chi connectivity index (χ1v) is 9.01. The summed E-state index contributed by atoms with van der Waals surface area (Å²) >= 11 is 3.45. The summed E-state index contributed by atoms with van der Waals surface area (Å²) in [5.41, 5.74) is 2.20. The number of methoxy groups -OCH3 is 1. The minimum absolute atomic E-state index is 0.0254.